The summed E-state index contributed by atoms with van der Waals surface area (Å²) in [7, 11) is 1.73. The van der Waals surface area contributed by atoms with Crippen LogP contribution in [0.5, 0.6) is 0 Å². The largest absolute Gasteiger partial charge is 0.419 e. The molecular formula is C12H17Cl2N3O2. The van der Waals surface area contributed by atoms with E-state index in [-0.39, 0.29) is 30.6 Å². The van der Waals surface area contributed by atoms with Gasteiger partial charge in [-0.1, -0.05) is 6.07 Å². The topological polar surface area (TPSA) is 50.4 Å². The Morgan fingerprint density at radius 3 is 2.58 bits per heavy atom. The third-order valence-electron chi connectivity index (χ3n) is 3.26. The second-order valence-corrected chi connectivity index (χ2v) is 4.29. The van der Waals surface area contributed by atoms with Crippen molar-refractivity contribution >= 4 is 41.6 Å². The number of nitrogens with zero attached hydrogens (tertiary/aromatic N) is 2. The zero-order chi connectivity index (χ0) is 11.8. The van der Waals surface area contributed by atoms with Crippen LogP contribution in [0.2, 0.25) is 0 Å². The number of hydrogen-bond acceptors (Lipinski definition) is 4. The van der Waals surface area contributed by atoms with Crippen LogP contribution in [-0.2, 0) is 7.05 Å². The van der Waals surface area contributed by atoms with E-state index in [0.717, 1.165) is 37.4 Å². The lowest BCUT2D eigenvalue weighted by Gasteiger charge is -2.29. The highest BCUT2D eigenvalue weighted by Gasteiger charge is 2.16. The van der Waals surface area contributed by atoms with Crippen LogP contribution in [0.25, 0.3) is 11.1 Å². The highest BCUT2D eigenvalue weighted by Crippen LogP contribution is 2.25. The highest BCUT2D eigenvalue weighted by molar-refractivity contribution is 5.87. The summed E-state index contributed by atoms with van der Waals surface area (Å²) in [6, 6.07) is 5.89. The SMILES string of the molecule is Cl.Cl.Cn1c(=O)oc2c(N3CCNCC3)cccc21. The van der Waals surface area contributed by atoms with Crippen molar-refractivity contribution in [2.75, 3.05) is 31.1 Å². The summed E-state index contributed by atoms with van der Waals surface area (Å²) < 4.78 is 6.87. The maximum absolute atomic E-state index is 11.5. The van der Waals surface area contributed by atoms with E-state index < -0.39 is 0 Å². The summed E-state index contributed by atoms with van der Waals surface area (Å²) in [5, 5.41) is 3.31. The van der Waals surface area contributed by atoms with Gasteiger partial charge in [-0.15, -0.1) is 24.8 Å². The van der Waals surface area contributed by atoms with Gasteiger partial charge < -0.3 is 14.6 Å². The number of oxazole rings is 1. The lowest BCUT2D eigenvalue weighted by atomic mass is 10.2. The molecule has 19 heavy (non-hydrogen) atoms. The molecule has 5 nitrogen and oxygen atoms in total. The van der Waals surface area contributed by atoms with Gasteiger partial charge in [-0.05, 0) is 12.1 Å². The molecule has 1 aromatic heterocycles. The Labute approximate surface area is 123 Å². The molecule has 2 aromatic rings. The Kier molecular flexibility index (Phi) is 5.29. The molecule has 1 aliphatic rings. The average Bonchev–Trinajstić information content (AvgIpc) is 2.67. The first-order valence-corrected chi connectivity index (χ1v) is 5.81. The Morgan fingerprint density at radius 2 is 1.89 bits per heavy atom. The first kappa shape index (κ1) is 15.9. The zero-order valence-corrected chi connectivity index (χ0v) is 12.2. The van der Waals surface area contributed by atoms with Crippen LogP contribution in [0.3, 0.4) is 0 Å². The molecule has 3 rings (SSSR count). The summed E-state index contributed by atoms with van der Waals surface area (Å²) in [6.45, 7) is 3.82. The number of nitrogens with one attached hydrogen (secondary N) is 1. The van der Waals surface area contributed by atoms with Gasteiger partial charge in [-0.2, -0.15) is 0 Å². The van der Waals surface area contributed by atoms with E-state index in [4.69, 9.17) is 4.42 Å². The number of fused-ring (bicyclic) bond motifs is 1. The Hall–Kier alpha value is -1.17. The third kappa shape index (κ3) is 2.73. The van der Waals surface area contributed by atoms with Crippen LogP contribution in [0.4, 0.5) is 5.69 Å². The van der Waals surface area contributed by atoms with Gasteiger partial charge in [0.2, 0.25) is 0 Å². The van der Waals surface area contributed by atoms with Gasteiger partial charge in [0.25, 0.3) is 0 Å². The minimum absolute atomic E-state index is 0. The van der Waals surface area contributed by atoms with Gasteiger partial charge in [-0.3, -0.25) is 4.57 Å². The number of piperazine rings is 1. The molecule has 2 heterocycles. The average molecular weight is 306 g/mol. The van der Waals surface area contributed by atoms with Crippen molar-refractivity contribution in [2.45, 2.75) is 0 Å². The standard InChI is InChI=1S/C12H15N3O2.2ClH/c1-14-9-3-2-4-10(11(9)17-12(14)16)15-7-5-13-6-8-15;;/h2-4,13H,5-8H2,1H3;2*1H. The van der Waals surface area contributed by atoms with Gasteiger partial charge in [0.1, 0.15) is 0 Å². The second-order valence-electron chi connectivity index (χ2n) is 4.29. The van der Waals surface area contributed by atoms with Gasteiger partial charge in [0, 0.05) is 33.2 Å². The van der Waals surface area contributed by atoms with E-state index in [1.807, 2.05) is 18.2 Å². The molecule has 0 radical (unpaired) electrons. The Bertz CT molecular complexity index is 603. The first-order chi connectivity index (χ1) is 8.27. The van der Waals surface area contributed by atoms with Crippen molar-refractivity contribution in [3.8, 4) is 0 Å². The van der Waals surface area contributed by atoms with Crippen LogP contribution in [0.15, 0.2) is 27.4 Å². The number of aromatic nitrogens is 1. The summed E-state index contributed by atoms with van der Waals surface area (Å²) >= 11 is 0. The maximum Gasteiger partial charge on any atom is 0.419 e. The van der Waals surface area contributed by atoms with Crippen molar-refractivity contribution < 1.29 is 4.42 Å². The van der Waals surface area contributed by atoms with E-state index in [0.29, 0.717) is 5.58 Å². The normalized spacial score (nSPS) is 14.9. The van der Waals surface area contributed by atoms with Crippen molar-refractivity contribution in [1.82, 2.24) is 9.88 Å². The quantitative estimate of drug-likeness (QED) is 0.865. The molecule has 0 spiro atoms. The molecule has 1 aromatic carbocycles. The fourth-order valence-corrected chi connectivity index (χ4v) is 2.29. The number of hydrogen-bond donors (Lipinski definition) is 1. The van der Waals surface area contributed by atoms with Gasteiger partial charge in [-0.25, -0.2) is 4.79 Å². The minimum Gasteiger partial charge on any atom is -0.405 e. The Morgan fingerprint density at radius 1 is 1.21 bits per heavy atom. The monoisotopic (exact) mass is 305 g/mol. The second kappa shape index (κ2) is 6.32. The first-order valence-electron chi connectivity index (χ1n) is 5.81. The molecule has 1 aliphatic heterocycles. The lowest BCUT2D eigenvalue weighted by Crippen LogP contribution is -2.43. The molecule has 0 unspecified atom stereocenters. The van der Waals surface area contributed by atoms with E-state index in [9.17, 15) is 4.79 Å². The van der Waals surface area contributed by atoms with Crippen LogP contribution in [-0.4, -0.2) is 30.7 Å². The number of benzene rings is 1. The summed E-state index contributed by atoms with van der Waals surface area (Å²) in [5.41, 5.74) is 2.56. The van der Waals surface area contributed by atoms with Gasteiger partial charge >= 0.3 is 5.76 Å². The van der Waals surface area contributed by atoms with Crippen molar-refractivity contribution in [3.63, 3.8) is 0 Å². The van der Waals surface area contributed by atoms with Crippen LogP contribution < -0.4 is 16.0 Å². The molecule has 0 bridgehead atoms. The number of para-hydroxylation sites is 1. The zero-order valence-electron chi connectivity index (χ0n) is 10.6. The van der Waals surface area contributed by atoms with Crippen molar-refractivity contribution in [2.24, 2.45) is 7.05 Å². The van der Waals surface area contributed by atoms with E-state index >= 15 is 0 Å². The molecule has 1 N–H and O–H groups in total. The van der Waals surface area contributed by atoms with Crippen LogP contribution in [0.1, 0.15) is 0 Å². The molecule has 0 aliphatic carbocycles. The number of rotatable bonds is 1. The smallest absolute Gasteiger partial charge is 0.405 e. The summed E-state index contributed by atoms with van der Waals surface area (Å²) in [5.74, 6) is -0.303. The predicted octanol–water partition coefficient (Wildman–Crippen LogP) is 1.38. The molecule has 1 fully saturated rings. The fraction of sp³-hybridized carbons (Fsp3) is 0.417. The summed E-state index contributed by atoms with van der Waals surface area (Å²) in [6.07, 6.45) is 0. The minimum atomic E-state index is -0.303. The van der Waals surface area contributed by atoms with Crippen molar-refractivity contribution in [1.29, 1.82) is 0 Å². The number of aryl methyl sites for hydroxylation is 1. The van der Waals surface area contributed by atoms with Crippen LogP contribution in [0, 0.1) is 0 Å². The number of anilines is 1. The van der Waals surface area contributed by atoms with Crippen molar-refractivity contribution in [3.05, 3.63) is 28.7 Å². The Balaban J connectivity index is 0.000000902. The molecule has 0 amide bonds. The maximum atomic E-state index is 11.5. The fourth-order valence-electron chi connectivity index (χ4n) is 2.29. The predicted molar refractivity (Wildman–Crippen MR) is 81.0 cm³/mol. The molecular weight excluding hydrogens is 289 g/mol. The third-order valence-corrected chi connectivity index (χ3v) is 3.26. The molecule has 0 saturated carbocycles. The number of halogens is 2. The molecule has 7 heteroatoms. The van der Waals surface area contributed by atoms with Crippen LogP contribution >= 0.6 is 24.8 Å². The molecule has 106 valence electrons. The molecule has 1 saturated heterocycles. The summed E-state index contributed by atoms with van der Waals surface area (Å²) in [4.78, 5) is 13.8. The lowest BCUT2D eigenvalue weighted by molar-refractivity contribution is 0.524. The van der Waals surface area contributed by atoms with Gasteiger partial charge in [0.05, 0.1) is 11.2 Å². The highest BCUT2D eigenvalue weighted by atomic mass is 35.5. The van der Waals surface area contributed by atoms with Gasteiger partial charge in [0.15, 0.2) is 5.58 Å². The van der Waals surface area contributed by atoms with E-state index in [1.54, 1.807) is 11.6 Å². The van der Waals surface area contributed by atoms with E-state index in [1.165, 1.54) is 0 Å². The molecule has 0 atom stereocenters. The van der Waals surface area contributed by atoms with E-state index in [2.05, 4.69) is 10.2 Å².